The summed E-state index contributed by atoms with van der Waals surface area (Å²) in [5.41, 5.74) is 7.03. The lowest BCUT2D eigenvalue weighted by atomic mass is 10.2. The predicted octanol–water partition coefficient (Wildman–Crippen LogP) is 3.88. The van der Waals surface area contributed by atoms with Crippen LogP contribution in [0, 0.1) is 0 Å². The number of nitrogens with one attached hydrogen (secondary N) is 1. The van der Waals surface area contributed by atoms with Gasteiger partial charge in [-0.3, -0.25) is 0 Å². The molecule has 16 heavy (non-hydrogen) atoms. The van der Waals surface area contributed by atoms with Gasteiger partial charge in [-0.15, -0.1) is 0 Å². The van der Waals surface area contributed by atoms with E-state index in [0.717, 1.165) is 12.2 Å². The number of nitrogens with two attached hydrogens (primary N) is 1. The minimum atomic E-state index is 0.383. The summed E-state index contributed by atoms with van der Waals surface area (Å²) in [6.45, 7) is 0.900. The summed E-state index contributed by atoms with van der Waals surface area (Å²) in [7, 11) is 0. The fourth-order valence-corrected chi connectivity index (χ4v) is 2.97. The lowest BCUT2D eigenvalue weighted by Crippen LogP contribution is -2.17. The summed E-state index contributed by atoms with van der Waals surface area (Å²) in [6.07, 6.45) is 4.65. The second-order valence-electron chi connectivity index (χ2n) is 4.10. The van der Waals surface area contributed by atoms with E-state index < -0.39 is 0 Å². The molecule has 0 atom stereocenters. The first-order chi connectivity index (χ1) is 7.56. The van der Waals surface area contributed by atoms with Gasteiger partial charge in [-0.05, 0) is 31.2 Å². The smallest absolute Gasteiger partial charge is 0.0720 e. The van der Waals surface area contributed by atoms with Crippen LogP contribution in [0.2, 0.25) is 10.0 Å². The highest BCUT2D eigenvalue weighted by Crippen LogP contribution is 2.47. The molecule has 2 nitrogen and oxygen atoms in total. The van der Waals surface area contributed by atoms with Gasteiger partial charge in [-0.2, -0.15) is 11.8 Å². The molecule has 1 aliphatic carbocycles. The fourth-order valence-electron chi connectivity index (χ4n) is 1.60. The van der Waals surface area contributed by atoms with Crippen LogP contribution in [-0.4, -0.2) is 17.5 Å². The van der Waals surface area contributed by atoms with Crippen molar-refractivity contribution in [1.29, 1.82) is 0 Å². The average molecular weight is 277 g/mol. The van der Waals surface area contributed by atoms with Crippen LogP contribution in [0.25, 0.3) is 0 Å². The molecule has 0 aromatic heterocycles. The largest absolute Gasteiger partial charge is 0.399 e. The van der Waals surface area contributed by atoms with Crippen molar-refractivity contribution in [3.8, 4) is 0 Å². The Balaban J connectivity index is 2.09. The van der Waals surface area contributed by atoms with Crippen molar-refractivity contribution in [3.63, 3.8) is 0 Å². The van der Waals surface area contributed by atoms with Crippen molar-refractivity contribution in [2.75, 3.05) is 23.9 Å². The summed E-state index contributed by atoms with van der Waals surface area (Å²) in [6, 6.07) is 3.43. The number of thioether (sulfide) groups is 1. The third kappa shape index (κ3) is 2.53. The minimum Gasteiger partial charge on any atom is -0.399 e. The summed E-state index contributed by atoms with van der Waals surface area (Å²) < 4.78 is 0.383. The summed E-state index contributed by atoms with van der Waals surface area (Å²) in [5, 5.41) is 4.49. The molecule has 0 spiro atoms. The van der Waals surface area contributed by atoms with Gasteiger partial charge in [0.1, 0.15) is 0 Å². The molecular formula is C11H14Cl2N2S. The highest BCUT2D eigenvalue weighted by atomic mass is 35.5. The number of nitrogen functional groups attached to an aromatic ring is 1. The van der Waals surface area contributed by atoms with Gasteiger partial charge >= 0.3 is 0 Å². The first-order valence-electron chi connectivity index (χ1n) is 5.10. The van der Waals surface area contributed by atoms with E-state index in [1.54, 1.807) is 12.1 Å². The van der Waals surface area contributed by atoms with Crippen LogP contribution >= 0.6 is 35.0 Å². The zero-order valence-corrected chi connectivity index (χ0v) is 11.3. The molecule has 0 heterocycles. The lowest BCUT2D eigenvalue weighted by Gasteiger charge is -2.16. The van der Waals surface area contributed by atoms with Crippen LogP contribution < -0.4 is 11.1 Å². The molecule has 0 unspecified atom stereocenters. The third-order valence-corrected chi connectivity index (χ3v) is 4.91. The SMILES string of the molecule is CSC1(CNc2c(Cl)cc(N)cc2Cl)CC1. The summed E-state index contributed by atoms with van der Waals surface area (Å²) >= 11 is 14.1. The van der Waals surface area contributed by atoms with Crippen LogP contribution in [0.15, 0.2) is 12.1 Å². The number of benzene rings is 1. The molecule has 1 saturated carbocycles. The molecule has 1 aromatic rings. The number of anilines is 2. The first kappa shape index (κ1) is 12.2. The maximum absolute atomic E-state index is 6.09. The number of hydrogen-bond donors (Lipinski definition) is 2. The van der Waals surface area contributed by atoms with Crippen LogP contribution in [0.4, 0.5) is 11.4 Å². The molecule has 3 N–H and O–H groups in total. The van der Waals surface area contributed by atoms with Crippen LogP contribution in [0.1, 0.15) is 12.8 Å². The maximum atomic E-state index is 6.09. The minimum absolute atomic E-state index is 0.383. The van der Waals surface area contributed by atoms with Crippen LogP contribution in [-0.2, 0) is 0 Å². The topological polar surface area (TPSA) is 38.0 Å². The molecule has 0 amide bonds. The molecule has 1 fully saturated rings. The van der Waals surface area contributed by atoms with Gasteiger partial charge in [0, 0.05) is 17.0 Å². The molecule has 1 aliphatic rings. The summed E-state index contributed by atoms with van der Waals surface area (Å²) in [5.74, 6) is 0. The van der Waals surface area contributed by atoms with E-state index in [4.69, 9.17) is 28.9 Å². The third-order valence-electron chi connectivity index (χ3n) is 2.89. The monoisotopic (exact) mass is 276 g/mol. The molecule has 1 aromatic carbocycles. The molecular weight excluding hydrogens is 263 g/mol. The molecule has 0 bridgehead atoms. The van der Waals surface area contributed by atoms with Crippen molar-refractivity contribution in [2.45, 2.75) is 17.6 Å². The van der Waals surface area contributed by atoms with Gasteiger partial charge in [0.05, 0.1) is 15.7 Å². The Kier molecular flexibility index (Phi) is 3.48. The van der Waals surface area contributed by atoms with Gasteiger partial charge in [0.15, 0.2) is 0 Å². The molecule has 0 aliphatic heterocycles. The van der Waals surface area contributed by atoms with E-state index in [0.29, 0.717) is 20.5 Å². The summed E-state index contributed by atoms with van der Waals surface area (Å²) in [4.78, 5) is 0. The zero-order chi connectivity index (χ0) is 11.8. The van der Waals surface area contributed by atoms with E-state index in [1.165, 1.54) is 12.8 Å². The van der Waals surface area contributed by atoms with Crippen molar-refractivity contribution in [2.24, 2.45) is 0 Å². The van der Waals surface area contributed by atoms with E-state index >= 15 is 0 Å². The Bertz CT molecular complexity index is 382. The lowest BCUT2D eigenvalue weighted by molar-refractivity contribution is 0.949. The quantitative estimate of drug-likeness (QED) is 0.820. The normalized spacial score (nSPS) is 17.2. The molecule has 5 heteroatoms. The Morgan fingerprint density at radius 1 is 1.38 bits per heavy atom. The molecule has 2 rings (SSSR count). The Morgan fingerprint density at radius 3 is 2.38 bits per heavy atom. The second kappa shape index (κ2) is 4.55. The van der Waals surface area contributed by atoms with Crippen molar-refractivity contribution in [3.05, 3.63) is 22.2 Å². The van der Waals surface area contributed by atoms with Crippen molar-refractivity contribution >= 4 is 46.3 Å². The van der Waals surface area contributed by atoms with Crippen LogP contribution in [0.5, 0.6) is 0 Å². The van der Waals surface area contributed by atoms with Gasteiger partial charge < -0.3 is 11.1 Å². The average Bonchev–Trinajstić information content (AvgIpc) is 2.97. The van der Waals surface area contributed by atoms with Crippen molar-refractivity contribution in [1.82, 2.24) is 0 Å². The maximum Gasteiger partial charge on any atom is 0.0720 e. The second-order valence-corrected chi connectivity index (χ2v) is 6.19. The van der Waals surface area contributed by atoms with Crippen molar-refractivity contribution < 1.29 is 0 Å². The Morgan fingerprint density at radius 2 is 1.94 bits per heavy atom. The predicted molar refractivity (Wildman–Crippen MR) is 74.8 cm³/mol. The highest BCUT2D eigenvalue weighted by molar-refractivity contribution is 8.00. The highest BCUT2D eigenvalue weighted by Gasteiger charge is 2.41. The van der Waals surface area contributed by atoms with Gasteiger partial charge in [-0.1, -0.05) is 23.2 Å². The fraction of sp³-hybridized carbons (Fsp3) is 0.455. The number of rotatable bonds is 4. The Hall–Kier alpha value is -0.250. The standard InChI is InChI=1S/C11H14Cl2N2S/c1-16-11(2-3-11)6-15-10-8(12)4-7(14)5-9(10)13/h4-5,15H,2-3,6,14H2,1H3. The van der Waals surface area contributed by atoms with E-state index in [2.05, 4.69) is 11.6 Å². The van der Waals surface area contributed by atoms with E-state index in [9.17, 15) is 0 Å². The van der Waals surface area contributed by atoms with Crippen LogP contribution in [0.3, 0.4) is 0 Å². The number of halogens is 2. The zero-order valence-electron chi connectivity index (χ0n) is 9.02. The van der Waals surface area contributed by atoms with Gasteiger partial charge in [0.25, 0.3) is 0 Å². The first-order valence-corrected chi connectivity index (χ1v) is 7.08. The van der Waals surface area contributed by atoms with E-state index in [1.807, 2.05) is 11.8 Å². The van der Waals surface area contributed by atoms with Gasteiger partial charge in [0.2, 0.25) is 0 Å². The number of hydrogen-bond acceptors (Lipinski definition) is 3. The molecule has 0 radical (unpaired) electrons. The van der Waals surface area contributed by atoms with Gasteiger partial charge in [-0.25, -0.2) is 0 Å². The van der Waals surface area contributed by atoms with E-state index in [-0.39, 0.29) is 0 Å². The Labute approximate surface area is 110 Å². The molecule has 88 valence electrons. The molecule has 0 saturated heterocycles.